The maximum Gasteiger partial charge on any atom is 0.299 e. The number of aryl methyl sites for hydroxylation is 2. The average Bonchev–Trinajstić information content (AvgIpc) is 3.21. The van der Waals surface area contributed by atoms with Crippen LogP contribution in [0.5, 0.6) is 0 Å². The van der Waals surface area contributed by atoms with Gasteiger partial charge in [-0.15, -0.1) is 26.6 Å². The Bertz CT molecular complexity index is 1060. The minimum absolute atomic E-state index is 0.295. The average molecular weight is 363 g/mol. The summed E-state index contributed by atoms with van der Waals surface area (Å²) >= 11 is 1.63. The number of halogens is 2. The molecular weight excluding hydrogens is 348 g/mol. The van der Waals surface area contributed by atoms with Crippen LogP contribution >= 0.6 is 11.3 Å². The molecule has 4 heterocycles. The van der Waals surface area contributed by atoms with Crippen molar-refractivity contribution in [1.29, 1.82) is 0 Å². The molecule has 130 valence electrons. The second-order valence-corrected chi connectivity index (χ2v) is 7.03. The van der Waals surface area contributed by atoms with E-state index in [2.05, 4.69) is 30.9 Å². The first-order valence-electron chi connectivity index (χ1n) is 7.59. The van der Waals surface area contributed by atoms with Gasteiger partial charge in [0.1, 0.15) is 5.82 Å². The van der Waals surface area contributed by atoms with Crippen LogP contribution < -0.4 is 4.90 Å². The van der Waals surface area contributed by atoms with Crippen molar-refractivity contribution in [3.05, 3.63) is 40.4 Å². The number of anilines is 1. The predicted molar refractivity (Wildman–Crippen MR) is 90.4 cm³/mol. The van der Waals surface area contributed by atoms with Gasteiger partial charge in [0.15, 0.2) is 10.6 Å². The third-order valence-corrected chi connectivity index (χ3v) is 4.89. The molecule has 0 amide bonds. The molecule has 4 rings (SSSR count). The molecule has 25 heavy (non-hydrogen) atoms. The summed E-state index contributed by atoms with van der Waals surface area (Å²) < 4.78 is 29.2. The Labute approximate surface area is 145 Å². The summed E-state index contributed by atoms with van der Waals surface area (Å²) in [6.07, 6.45) is -0.678. The molecular formula is C15H15F2N7S. The van der Waals surface area contributed by atoms with Crippen LogP contribution in [-0.4, -0.2) is 36.2 Å². The number of hydrogen-bond donors (Lipinski definition) is 0. The normalized spacial score (nSPS) is 11.9. The highest BCUT2D eigenvalue weighted by molar-refractivity contribution is 7.17. The zero-order valence-electron chi connectivity index (χ0n) is 13.8. The number of aromatic nitrogens is 6. The minimum atomic E-state index is -2.73. The number of imidazole rings is 1. The van der Waals surface area contributed by atoms with Gasteiger partial charge in [0, 0.05) is 18.1 Å². The lowest BCUT2D eigenvalue weighted by Crippen LogP contribution is -2.20. The first kappa shape index (κ1) is 15.9. The molecule has 0 atom stereocenters. The Hall–Kier alpha value is -2.62. The zero-order chi connectivity index (χ0) is 17.7. The second kappa shape index (κ2) is 5.73. The standard InChI is InChI=1S/C15H15F2N7S/c1-8-6-23-10(9(2)18-15(23)25-8)7-22(3)12-5-4-11-19-20-14(13(16)17)24(11)21-12/h4-6,13H,7H2,1-3H3. The molecule has 0 aromatic carbocycles. The van der Waals surface area contributed by atoms with Crippen LogP contribution in [0.15, 0.2) is 18.3 Å². The van der Waals surface area contributed by atoms with E-state index in [0.29, 0.717) is 18.0 Å². The summed E-state index contributed by atoms with van der Waals surface area (Å²) in [5.74, 6) is 0.0946. The summed E-state index contributed by atoms with van der Waals surface area (Å²) in [6, 6.07) is 3.37. The smallest absolute Gasteiger partial charge is 0.299 e. The van der Waals surface area contributed by atoms with Crippen LogP contribution in [-0.2, 0) is 6.54 Å². The molecule has 0 aliphatic heterocycles. The lowest BCUT2D eigenvalue weighted by atomic mass is 10.3. The topological polar surface area (TPSA) is 63.6 Å². The van der Waals surface area contributed by atoms with E-state index in [9.17, 15) is 8.78 Å². The fraction of sp³-hybridized carbons (Fsp3) is 0.333. The van der Waals surface area contributed by atoms with Crippen molar-refractivity contribution in [1.82, 2.24) is 29.2 Å². The van der Waals surface area contributed by atoms with Gasteiger partial charge in [-0.05, 0) is 26.0 Å². The highest BCUT2D eigenvalue weighted by Gasteiger charge is 2.19. The highest BCUT2D eigenvalue weighted by atomic mass is 32.1. The van der Waals surface area contributed by atoms with Crippen molar-refractivity contribution in [2.75, 3.05) is 11.9 Å². The third kappa shape index (κ3) is 2.62. The molecule has 0 aliphatic rings. The zero-order valence-corrected chi connectivity index (χ0v) is 14.6. The number of nitrogens with zero attached hydrogens (tertiary/aromatic N) is 7. The van der Waals surface area contributed by atoms with Gasteiger partial charge in [0.05, 0.1) is 17.9 Å². The molecule has 0 radical (unpaired) electrons. The maximum absolute atomic E-state index is 13.0. The van der Waals surface area contributed by atoms with Crippen LogP contribution in [0.3, 0.4) is 0 Å². The van der Waals surface area contributed by atoms with E-state index in [1.54, 1.807) is 23.5 Å². The minimum Gasteiger partial charge on any atom is -0.352 e. The van der Waals surface area contributed by atoms with Crippen LogP contribution in [0.1, 0.15) is 28.5 Å². The molecule has 4 aromatic heterocycles. The molecule has 0 saturated heterocycles. The van der Waals surface area contributed by atoms with Gasteiger partial charge in [0.2, 0.25) is 5.82 Å². The van der Waals surface area contributed by atoms with E-state index in [0.717, 1.165) is 20.9 Å². The van der Waals surface area contributed by atoms with Crippen LogP contribution in [0, 0.1) is 13.8 Å². The van der Waals surface area contributed by atoms with Crippen molar-refractivity contribution in [3.63, 3.8) is 0 Å². The van der Waals surface area contributed by atoms with E-state index in [-0.39, 0.29) is 0 Å². The van der Waals surface area contributed by atoms with E-state index in [1.165, 1.54) is 4.88 Å². The molecule has 0 spiro atoms. The maximum atomic E-state index is 13.0. The Kier molecular flexibility index (Phi) is 3.64. The van der Waals surface area contributed by atoms with Crippen molar-refractivity contribution < 1.29 is 8.78 Å². The first-order chi connectivity index (χ1) is 11.9. The lowest BCUT2D eigenvalue weighted by Gasteiger charge is -2.18. The predicted octanol–water partition coefficient (Wildman–Crippen LogP) is 3.02. The fourth-order valence-electron chi connectivity index (χ4n) is 2.74. The SMILES string of the molecule is Cc1cn2c(CN(C)c3ccc4nnc(C(F)F)n4n3)c(C)nc2s1. The molecule has 0 fully saturated rings. The van der Waals surface area contributed by atoms with Gasteiger partial charge < -0.3 is 4.90 Å². The molecule has 4 aromatic rings. The largest absolute Gasteiger partial charge is 0.352 e. The number of hydrogen-bond acceptors (Lipinski definition) is 6. The van der Waals surface area contributed by atoms with E-state index < -0.39 is 12.2 Å². The van der Waals surface area contributed by atoms with Crippen molar-refractivity contribution in [2.45, 2.75) is 26.8 Å². The van der Waals surface area contributed by atoms with Crippen LogP contribution in [0.2, 0.25) is 0 Å². The number of rotatable bonds is 4. The quantitative estimate of drug-likeness (QED) is 0.558. The highest BCUT2D eigenvalue weighted by Crippen LogP contribution is 2.23. The van der Waals surface area contributed by atoms with Gasteiger partial charge in [-0.3, -0.25) is 4.40 Å². The molecule has 10 heteroatoms. The number of alkyl halides is 2. The Balaban J connectivity index is 1.70. The third-order valence-electron chi connectivity index (χ3n) is 3.99. The van der Waals surface area contributed by atoms with Gasteiger partial charge in [-0.1, -0.05) is 0 Å². The number of thiazole rings is 1. The van der Waals surface area contributed by atoms with Gasteiger partial charge in [0.25, 0.3) is 6.43 Å². The Morgan fingerprint density at radius 1 is 1.24 bits per heavy atom. The first-order valence-corrected chi connectivity index (χ1v) is 8.41. The fourth-order valence-corrected chi connectivity index (χ4v) is 3.63. The van der Waals surface area contributed by atoms with Crippen molar-refractivity contribution >= 4 is 27.8 Å². The van der Waals surface area contributed by atoms with Gasteiger partial charge >= 0.3 is 0 Å². The molecule has 0 bridgehead atoms. The van der Waals surface area contributed by atoms with Gasteiger partial charge in [-0.2, -0.15) is 4.52 Å². The molecule has 0 aliphatic carbocycles. The summed E-state index contributed by atoms with van der Waals surface area (Å²) in [4.78, 5) is 8.58. The molecule has 7 nitrogen and oxygen atoms in total. The Morgan fingerprint density at radius 2 is 2.04 bits per heavy atom. The summed E-state index contributed by atoms with van der Waals surface area (Å²) in [7, 11) is 1.86. The summed E-state index contributed by atoms with van der Waals surface area (Å²) in [5.41, 5.74) is 2.28. The molecule has 0 saturated carbocycles. The van der Waals surface area contributed by atoms with Crippen molar-refractivity contribution in [2.24, 2.45) is 0 Å². The van der Waals surface area contributed by atoms with Crippen LogP contribution in [0.25, 0.3) is 10.6 Å². The number of fused-ring (bicyclic) bond motifs is 2. The van der Waals surface area contributed by atoms with Crippen LogP contribution in [0.4, 0.5) is 14.6 Å². The van der Waals surface area contributed by atoms with Gasteiger partial charge in [-0.25, -0.2) is 13.8 Å². The van der Waals surface area contributed by atoms with E-state index >= 15 is 0 Å². The summed E-state index contributed by atoms with van der Waals surface area (Å²) in [5, 5.41) is 11.5. The lowest BCUT2D eigenvalue weighted by molar-refractivity contribution is 0.137. The monoisotopic (exact) mass is 363 g/mol. The van der Waals surface area contributed by atoms with Crippen molar-refractivity contribution in [3.8, 4) is 0 Å². The summed E-state index contributed by atoms with van der Waals surface area (Å²) in [6.45, 7) is 4.55. The second-order valence-electron chi connectivity index (χ2n) is 5.81. The van der Waals surface area contributed by atoms with E-state index in [1.807, 2.05) is 25.8 Å². The van der Waals surface area contributed by atoms with E-state index in [4.69, 9.17) is 0 Å². The molecule has 0 unspecified atom stereocenters. The Morgan fingerprint density at radius 3 is 2.80 bits per heavy atom. The molecule has 0 N–H and O–H groups in total.